The Morgan fingerprint density at radius 3 is 2.90 bits per heavy atom. The first-order valence-corrected chi connectivity index (χ1v) is 10.4. The van der Waals surface area contributed by atoms with Gasteiger partial charge in [0.15, 0.2) is 5.82 Å². The number of aryl methyl sites for hydroxylation is 1. The number of rotatable bonds is 5. The molecule has 3 heterocycles. The molecule has 2 aromatic heterocycles. The molecule has 0 spiro atoms. The molecule has 7 heteroatoms. The van der Waals surface area contributed by atoms with Crippen LogP contribution >= 0.6 is 0 Å². The van der Waals surface area contributed by atoms with Crippen LogP contribution < -0.4 is 0 Å². The summed E-state index contributed by atoms with van der Waals surface area (Å²) in [5, 5.41) is 5.09. The minimum atomic E-state index is -0.0620. The highest BCUT2D eigenvalue weighted by Gasteiger charge is 2.32. The molecule has 1 fully saturated rings. The van der Waals surface area contributed by atoms with Crippen LogP contribution in [0, 0.1) is 12.8 Å². The summed E-state index contributed by atoms with van der Waals surface area (Å²) in [4.78, 5) is 25.3. The number of hydrogen-bond donors (Lipinski definition) is 1. The van der Waals surface area contributed by atoms with E-state index in [1.54, 1.807) is 0 Å². The van der Waals surface area contributed by atoms with Crippen molar-refractivity contribution < 1.29 is 9.32 Å². The zero-order chi connectivity index (χ0) is 20.4. The van der Waals surface area contributed by atoms with Gasteiger partial charge in [-0.3, -0.25) is 9.69 Å². The van der Waals surface area contributed by atoms with Gasteiger partial charge in [-0.1, -0.05) is 37.2 Å². The Bertz CT molecular complexity index is 976. The van der Waals surface area contributed by atoms with E-state index in [0.717, 1.165) is 42.5 Å². The Morgan fingerprint density at radius 2 is 2.14 bits per heavy atom. The van der Waals surface area contributed by atoms with Crippen molar-refractivity contribution >= 4 is 16.8 Å². The third kappa shape index (κ3) is 4.34. The van der Waals surface area contributed by atoms with Gasteiger partial charge in [0.25, 0.3) is 0 Å². The maximum atomic E-state index is 13.2. The summed E-state index contributed by atoms with van der Waals surface area (Å²) in [6.45, 7) is 9.44. The molecular weight excluding hydrogens is 366 g/mol. The highest BCUT2D eigenvalue weighted by atomic mass is 16.5. The second-order valence-electron chi connectivity index (χ2n) is 8.31. The van der Waals surface area contributed by atoms with Crippen LogP contribution in [0.4, 0.5) is 0 Å². The number of H-pyrrole nitrogens is 1. The van der Waals surface area contributed by atoms with Crippen LogP contribution in [0.1, 0.15) is 43.6 Å². The van der Waals surface area contributed by atoms with Crippen molar-refractivity contribution in [1.29, 1.82) is 0 Å². The summed E-state index contributed by atoms with van der Waals surface area (Å²) in [5.41, 5.74) is 2.10. The van der Waals surface area contributed by atoms with Gasteiger partial charge in [-0.25, -0.2) is 0 Å². The first kappa shape index (κ1) is 19.6. The lowest BCUT2D eigenvalue weighted by atomic mass is 10.1. The number of para-hydroxylation sites is 1. The lowest BCUT2D eigenvalue weighted by molar-refractivity contribution is -0.130. The van der Waals surface area contributed by atoms with Gasteiger partial charge < -0.3 is 14.4 Å². The average molecular weight is 396 g/mol. The molecule has 1 unspecified atom stereocenters. The minimum Gasteiger partial charge on any atom is -0.361 e. The molecule has 0 saturated carbocycles. The van der Waals surface area contributed by atoms with Gasteiger partial charge in [0.1, 0.15) is 6.04 Å². The number of nitrogens with one attached hydrogen (secondary N) is 1. The largest absolute Gasteiger partial charge is 0.361 e. The summed E-state index contributed by atoms with van der Waals surface area (Å²) < 4.78 is 5.52. The molecule has 154 valence electrons. The number of hydrogen-bond acceptors (Lipinski definition) is 5. The second kappa shape index (κ2) is 8.37. The van der Waals surface area contributed by atoms with E-state index in [9.17, 15) is 4.79 Å². The normalized spacial score (nSPS) is 18.5. The fourth-order valence-electron chi connectivity index (χ4n) is 4.19. The summed E-state index contributed by atoms with van der Waals surface area (Å²) in [5.74, 6) is 1.90. The van der Waals surface area contributed by atoms with Gasteiger partial charge in [-0.15, -0.1) is 0 Å². The van der Waals surface area contributed by atoms with Crippen molar-refractivity contribution in [3.63, 3.8) is 0 Å². The van der Waals surface area contributed by atoms with Crippen molar-refractivity contribution in [2.45, 2.75) is 39.7 Å². The van der Waals surface area contributed by atoms with E-state index in [1.807, 2.05) is 36.2 Å². The molecule has 4 rings (SSSR count). The molecule has 1 saturated heterocycles. The fraction of sp³-hybridized carbons (Fsp3) is 0.500. The molecule has 3 aromatic rings. The number of aromatic nitrogens is 3. The Labute approximate surface area is 171 Å². The monoisotopic (exact) mass is 395 g/mol. The third-order valence-corrected chi connectivity index (χ3v) is 5.50. The number of nitrogens with zero attached hydrogens (tertiary/aromatic N) is 4. The predicted octanol–water partition coefficient (Wildman–Crippen LogP) is 3.33. The van der Waals surface area contributed by atoms with Crippen LogP contribution in [-0.2, 0) is 11.2 Å². The number of carbonyl (C=O) groups excluding carboxylic acids is 1. The van der Waals surface area contributed by atoms with Crippen molar-refractivity contribution in [2.24, 2.45) is 5.92 Å². The van der Waals surface area contributed by atoms with E-state index in [1.165, 1.54) is 0 Å². The van der Waals surface area contributed by atoms with Crippen molar-refractivity contribution in [3.8, 4) is 0 Å². The van der Waals surface area contributed by atoms with Crippen molar-refractivity contribution in [3.05, 3.63) is 47.7 Å². The van der Waals surface area contributed by atoms with E-state index >= 15 is 0 Å². The summed E-state index contributed by atoms with van der Waals surface area (Å²) in [6, 6.07) is 8.04. The van der Waals surface area contributed by atoms with Gasteiger partial charge in [0.2, 0.25) is 11.8 Å². The Kier molecular flexibility index (Phi) is 5.67. The zero-order valence-corrected chi connectivity index (χ0v) is 17.4. The zero-order valence-electron chi connectivity index (χ0n) is 17.4. The van der Waals surface area contributed by atoms with Gasteiger partial charge >= 0.3 is 0 Å². The van der Waals surface area contributed by atoms with Crippen LogP contribution in [0.25, 0.3) is 10.9 Å². The average Bonchev–Trinajstić information content (AvgIpc) is 3.24. The molecule has 1 aliphatic rings. The van der Waals surface area contributed by atoms with E-state index in [-0.39, 0.29) is 11.9 Å². The molecule has 1 aromatic carbocycles. The van der Waals surface area contributed by atoms with E-state index in [0.29, 0.717) is 30.6 Å². The van der Waals surface area contributed by atoms with Crippen LogP contribution in [0.3, 0.4) is 0 Å². The molecular formula is C22H29N5O2. The standard InChI is InChI=1S/C22H29N5O2/c1-15(2)13-26-9-6-10-27(14-20(26)22-24-16(3)25-29-22)21(28)11-17-12-23-19-8-5-4-7-18(17)19/h4-5,7-8,12,15,20,23H,6,9-11,13-14H2,1-3H3. The molecule has 1 N–H and O–H groups in total. The Balaban J connectivity index is 1.54. The summed E-state index contributed by atoms with van der Waals surface area (Å²) >= 11 is 0. The molecule has 1 aliphatic heterocycles. The molecule has 1 amide bonds. The number of fused-ring (bicyclic) bond motifs is 1. The van der Waals surface area contributed by atoms with E-state index in [2.05, 4.69) is 39.9 Å². The number of aromatic amines is 1. The maximum absolute atomic E-state index is 13.2. The van der Waals surface area contributed by atoms with Crippen LogP contribution in [0.5, 0.6) is 0 Å². The smallest absolute Gasteiger partial charge is 0.245 e. The molecule has 1 atom stereocenters. The van der Waals surface area contributed by atoms with Gasteiger partial charge in [-0.2, -0.15) is 4.98 Å². The number of amides is 1. The van der Waals surface area contributed by atoms with Gasteiger partial charge in [-0.05, 0) is 30.9 Å². The first-order valence-electron chi connectivity index (χ1n) is 10.4. The number of carbonyl (C=O) groups is 1. The van der Waals surface area contributed by atoms with Crippen LogP contribution in [-0.4, -0.2) is 57.0 Å². The SMILES string of the molecule is Cc1noc(C2CN(C(=O)Cc3c[nH]c4ccccc34)CCCN2CC(C)C)n1. The molecule has 0 bridgehead atoms. The lowest BCUT2D eigenvalue weighted by Gasteiger charge is -2.30. The Morgan fingerprint density at radius 1 is 1.31 bits per heavy atom. The van der Waals surface area contributed by atoms with E-state index in [4.69, 9.17) is 4.52 Å². The van der Waals surface area contributed by atoms with Gasteiger partial charge in [0.05, 0.1) is 6.42 Å². The summed E-state index contributed by atoms with van der Waals surface area (Å²) in [6.07, 6.45) is 3.28. The second-order valence-corrected chi connectivity index (χ2v) is 8.31. The van der Waals surface area contributed by atoms with Gasteiger partial charge in [0, 0.05) is 43.3 Å². The topological polar surface area (TPSA) is 78.3 Å². The quantitative estimate of drug-likeness (QED) is 0.717. The highest BCUT2D eigenvalue weighted by Crippen LogP contribution is 2.26. The van der Waals surface area contributed by atoms with Crippen LogP contribution in [0.15, 0.2) is 35.0 Å². The van der Waals surface area contributed by atoms with E-state index < -0.39 is 0 Å². The molecule has 29 heavy (non-hydrogen) atoms. The molecule has 7 nitrogen and oxygen atoms in total. The maximum Gasteiger partial charge on any atom is 0.245 e. The van der Waals surface area contributed by atoms with Crippen molar-refractivity contribution in [1.82, 2.24) is 24.9 Å². The fourth-order valence-corrected chi connectivity index (χ4v) is 4.19. The molecule has 0 radical (unpaired) electrons. The predicted molar refractivity (Wildman–Crippen MR) is 111 cm³/mol. The Hall–Kier alpha value is -2.67. The lowest BCUT2D eigenvalue weighted by Crippen LogP contribution is -2.39. The van der Waals surface area contributed by atoms with Crippen LogP contribution in [0.2, 0.25) is 0 Å². The molecule has 0 aliphatic carbocycles. The highest BCUT2D eigenvalue weighted by molar-refractivity contribution is 5.88. The number of benzene rings is 1. The summed E-state index contributed by atoms with van der Waals surface area (Å²) in [7, 11) is 0. The van der Waals surface area contributed by atoms with Crippen molar-refractivity contribution in [2.75, 3.05) is 26.2 Å². The third-order valence-electron chi connectivity index (χ3n) is 5.50. The minimum absolute atomic E-state index is 0.0620. The first-order chi connectivity index (χ1) is 14.0.